The molecule has 0 amide bonds. The van der Waals surface area contributed by atoms with E-state index in [2.05, 4.69) is 31.2 Å². The largest absolute Gasteiger partial charge is 0.485 e. The fraction of sp³-hybridized carbons (Fsp3) is 0.250. The molecule has 5 rings (SSSR count). The van der Waals surface area contributed by atoms with Crippen LogP contribution in [-0.4, -0.2) is 57.6 Å². The Kier molecular flexibility index (Phi) is 6.73. The third-order valence-corrected chi connectivity index (χ3v) is 7.55. The molecule has 0 saturated heterocycles. The van der Waals surface area contributed by atoms with E-state index in [0.717, 1.165) is 5.56 Å². The van der Waals surface area contributed by atoms with Crippen LogP contribution in [0.15, 0.2) is 48.9 Å². The van der Waals surface area contributed by atoms with Crippen molar-refractivity contribution >= 4 is 21.4 Å². The molecule has 1 aliphatic heterocycles. The van der Waals surface area contributed by atoms with E-state index in [9.17, 15) is 13.7 Å². The summed E-state index contributed by atoms with van der Waals surface area (Å²) >= 11 is 5.81. The van der Waals surface area contributed by atoms with Gasteiger partial charge in [0.2, 0.25) is 0 Å². The van der Waals surface area contributed by atoms with Crippen LogP contribution in [0.1, 0.15) is 28.8 Å². The highest BCUT2D eigenvalue weighted by Gasteiger charge is 2.32. The van der Waals surface area contributed by atoms with Gasteiger partial charge in [-0.25, -0.2) is 23.4 Å². The van der Waals surface area contributed by atoms with Gasteiger partial charge in [-0.05, 0) is 23.8 Å². The number of aromatic nitrogens is 6. The van der Waals surface area contributed by atoms with Crippen molar-refractivity contribution in [2.75, 3.05) is 19.5 Å². The summed E-state index contributed by atoms with van der Waals surface area (Å²) < 4.78 is 39.5. The molecule has 1 aliphatic rings. The summed E-state index contributed by atoms with van der Waals surface area (Å²) in [7, 11) is -2.15. The Hall–Kier alpha value is -4.08. The fourth-order valence-corrected chi connectivity index (χ4v) is 5.43. The zero-order valence-corrected chi connectivity index (χ0v) is 21.1. The second-order valence-corrected chi connectivity index (χ2v) is 10.9. The monoisotopic (exact) mass is 537 g/mol. The van der Waals surface area contributed by atoms with Crippen molar-refractivity contribution < 1.29 is 17.9 Å². The normalized spacial score (nSPS) is 14.6. The molecule has 0 aliphatic carbocycles. The van der Waals surface area contributed by atoms with Gasteiger partial charge in [-0.2, -0.15) is 5.26 Å². The lowest BCUT2D eigenvalue weighted by Gasteiger charge is -2.20. The van der Waals surface area contributed by atoms with E-state index in [-0.39, 0.29) is 36.2 Å². The lowest BCUT2D eigenvalue weighted by Crippen LogP contribution is -2.22. The summed E-state index contributed by atoms with van der Waals surface area (Å²) in [6.07, 6.45) is 4.53. The van der Waals surface area contributed by atoms with Crippen LogP contribution in [0, 0.1) is 11.3 Å². The first-order valence-electron chi connectivity index (χ1n) is 11.2. The number of sulfone groups is 1. The number of benzene rings is 1. The number of halogens is 1. The Labute approximate surface area is 217 Å². The molecule has 0 saturated carbocycles. The van der Waals surface area contributed by atoms with Crippen molar-refractivity contribution in [3.63, 3.8) is 0 Å². The van der Waals surface area contributed by atoms with Gasteiger partial charge in [-0.3, -0.25) is 4.57 Å². The van der Waals surface area contributed by atoms with E-state index < -0.39 is 15.9 Å². The highest BCUT2D eigenvalue weighted by molar-refractivity contribution is 7.90. The van der Waals surface area contributed by atoms with E-state index in [1.54, 1.807) is 35.0 Å². The molecule has 0 fully saturated rings. The van der Waals surface area contributed by atoms with Gasteiger partial charge in [0.15, 0.2) is 21.4 Å². The molecular formula is C24H20ClN7O4S. The number of nitriles is 1. The number of rotatable bonds is 7. The maximum absolute atomic E-state index is 13.1. The van der Waals surface area contributed by atoms with Crippen LogP contribution in [0.25, 0.3) is 11.4 Å². The molecule has 3 aromatic heterocycles. The van der Waals surface area contributed by atoms with Crippen LogP contribution in [0.4, 0.5) is 0 Å². The van der Waals surface area contributed by atoms with Gasteiger partial charge in [0, 0.05) is 25.0 Å². The molecule has 4 aromatic rings. The molecule has 11 nitrogen and oxygen atoms in total. The highest BCUT2D eigenvalue weighted by atomic mass is 35.5. The van der Waals surface area contributed by atoms with Crippen LogP contribution < -0.4 is 9.47 Å². The van der Waals surface area contributed by atoms with Crippen LogP contribution >= 0.6 is 11.6 Å². The molecule has 0 radical (unpaired) electrons. The number of pyridine rings is 1. The van der Waals surface area contributed by atoms with Crippen LogP contribution in [0.2, 0.25) is 5.02 Å². The minimum Gasteiger partial charge on any atom is -0.485 e. The SMILES string of the molecule is COc1nccc2c1OC[C@H](c1cccc(C#N)c1)n1c(CS(=O)(=O)CCc3ncc(Cl)cn3)nnc1-2. The first-order chi connectivity index (χ1) is 17.9. The van der Waals surface area contributed by atoms with Gasteiger partial charge in [0.25, 0.3) is 5.88 Å². The molecule has 1 atom stereocenters. The van der Waals surface area contributed by atoms with Crippen LogP contribution in [0.3, 0.4) is 0 Å². The topological polar surface area (TPSA) is 146 Å². The first kappa shape index (κ1) is 24.6. The maximum Gasteiger partial charge on any atom is 0.257 e. The van der Waals surface area contributed by atoms with Crippen molar-refractivity contribution in [2.45, 2.75) is 18.2 Å². The fourth-order valence-electron chi connectivity index (χ4n) is 4.10. The van der Waals surface area contributed by atoms with Gasteiger partial charge in [-0.15, -0.1) is 10.2 Å². The third-order valence-electron chi connectivity index (χ3n) is 5.83. The van der Waals surface area contributed by atoms with Crippen LogP contribution in [-0.2, 0) is 22.0 Å². The van der Waals surface area contributed by atoms with E-state index in [4.69, 9.17) is 21.1 Å². The van der Waals surface area contributed by atoms with Crippen molar-refractivity contribution in [2.24, 2.45) is 0 Å². The quantitative estimate of drug-likeness (QED) is 0.345. The summed E-state index contributed by atoms with van der Waals surface area (Å²) in [5.41, 5.74) is 1.77. The van der Waals surface area contributed by atoms with Gasteiger partial charge in [0.1, 0.15) is 24.0 Å². The number of aryl methyl sites for hydroxylation is 1. The number of fused-ring (bicyclic) bond motifs is 3. The molecule has 4 heterocycles. The van der Waals surface area contributed by atoms with Crippen molar-refractivity contribution in [3.05, 3.63) is 76.7 Å². The van der Waals surface area contributed by atoms with E-state index in [1.165, 1.54) is 19.5 Å². The first-order valence-corrected chi connectivity index (χ1v) is 13.4. The number of hydrogen-bond acceptors (Lipinski definition) is 10. The molecule has 0 N–H and O–H groups in total. The predicted molar refractivity (Wildman–Crippen MR) is 133 cm³/mol. The van der Waals surface area contributed by atoms with Crippen LogP contribution in [0.5, 0.6) is 11.6 Å². The minimum atomic E-state index is -3.63. The Balaban J connectivity index is 1.55. The summed E-state index contributed by atoms with van der Waals surface area (Å²) in [5.74, 6) is 1.14. The van der Waals surface area contributed by atoms with Crippen molar-refractivity contribution in [3.8, 4) is 29.1 Å². The predicted octanol–water partition coefficient (Wildman–Crippen LogP) is 2.80. The average Bonchev–Trinajstić information content (AvgIpc) is 3.22. The Bertz CT molecular complexity index is 1600. The zero-order valence-electron chi connectivity index (χ0n) is 19.6. The molecule has 13 heteroatoms. The maximum atomic E-state index is 13.1. The van der Waals surface area contributed by atoms with E-state index in [0.29, 0.717) is 33.5 Å². The molecule has 0 unspecified atom stereocenters. The molecule has 0 bridgehead atoms. The summed E-state index contributed by atoms with van der Waals surface area (Å²) in [4.78, 5) is 12.3. The van der Waals surface area contributed by atoms with Gasteiger partial charge < -0.3 is 9.47 Å². The highest BCUT2D eigenvalue weighted by Crippen LogP contribution is 2.41. The number of ether oxygens (including phenoxy) is 2. The van der Waals surface area contributed by atoms with E-state index in [1.807, 2.05) is 6.07 Å². The summed E-state index contributed by atoms with van der Waals surface area (Å²) in [6, 6.07) is 10.4. The zero-order chi connectivity index (χ0) is 26.0. The minimum absolute atomic E-state index is 0.112. The smallest absolute Gasteiger partial charge is 0.257 e. The van der Waals surface area contributed by atoms with Gasteiger partial charge >= 0.3 is 0 Å². The Morgan fingerprint density at radius 1 is 1.22 bits per heavy atom. The Morgan fingerprint density at radius 3 is 2.78 bits per heavy atom. The molecular weight excluding hydrogens is 518 g/mol. The lowest BCUT2D eigenvalue weighted by molar-refractivity contribution is 0.260. The number of methoxy groups -OCH3 is 1. The average molecular weight is 538 g/mol. The number of hydrogen-bond donors (Lipinski definition) is 0. The lowest BCUT2D eigenvalue weighted by atomic mass is 10.0. The molecule has 0 spiro atoms. The van der Waals surface area contributed by atoms with Gasteiger partial charge in [0.05, 0.1) is 41.1 Å². The van der Waals surface area contributed by atoms with Crippen molar-refractivity contribution in [1.29, 1.82) is 5.26 Å². The molecule has 188 valence electrons. The standard InChI is InChI=1S/C24H20ClN7O4S/c1-35-24-22-18(5-7-27-24)23-31-30-21(14-37(33,34)8-6-20-28-11-17(25)12-29-20)32(23)19(13-36-22)16-4-2-3-15(9-16)10-26/h2-5,7,9,11-12,19H,6,8,13-14H2,1H3/t19-/m1/s1. The molecule has 1 aromatic carbocycles. The summed E-state index contributed by atoms with van der Waals surface area (Å²) in [6.45, 7) is 0.112. The second kappa shape index (κ2) is 10.1. The molecule has 37 heavy (non-hydrogen) atoms. The van der Waals surface area contributed by atoms with E-state index >= 15 is 0 Å². The summed E-state index contributed by atoms with van der Waals surface area (Å²) in [5, 5.41) is 18.4. The van der Waals surface area contributed by atoms with Gasteiger partial charge in [-0.1, -0.05) is 23.7 Å². The second-order valence-electron chi connectivity index (χ2n) is 8.23. The third kappa shape index (κ3) is 5.09. The Morgan fingerprint density at radius 2 is 2.03 bits per heavy atom. The van der Waals surface area contributed by atoms with Crippen molar-refractivity contribution in [1.82, 2.24) is 29.7 Å². The number of nitrogens with zero attached hydrogens (tertiary/aromatic N) is 7.